The number of hydrogen-bond donors (Lipinski definition) is 2. The van der Waals surface area contributed by atoms with Gasteiger partial charge in [0.05, 0.1) is 0 Å². The molecule has 1 rings (SSSR count). The van der Waals surface area contributed by atoms with Gasteiger partial charge in [-0.1, -0.05) is 12.2 Å². The molecule has 1 aliphatic heterocycles. The summed E-state index contributed by atoms with van der Waals surface area (Å²) in [5, 5.41) is 3.27. The maximum absolute atomic E-state index is 5.05. The summed E-state index contributed by atoms with van der Waals surface area (Å²) < 4.78 is 0. The quantitative estimate of drug-likeness (QED) is 0.547. The van der Waals surface area contributed by atoms with E-state index in [9.17, 15) is 0 Å². The summed E-state index contributed by atoms with van der Waals surface area (Å²) in [5.41, 5.74) is 5.05. The number of hydrogen-bond acceptors (Lipinski definition) is 3. The maximum atomic E-state index is 5.05. The third-order valence-electron chi connectivity index (χ3n) is 1.71. The normalized spacial score (nSPS) is 18.9. The van der Waals surface area contributed by atoms with Gasteiger partial charge in [0.1, 0.15) is 0 Å². The minimum atomic E-state index is 0.663. The van der Waals surface area contributed by atoms with E-state index in [0.717, 1.165) is 13.1 Å². The molecule has 3 nitrogen and oxygen atoms in total. The average molecular weight is 171 g/mol. The summed E-state index contributed by atoms with van der Waals surface area (Å²) in [6.45, 7) is 7.36. The highest BCUT2D eigenvalue weighted by Crippen LogP contribution is 1.83. The van der Waals surface area contributed by atoms with Crippen LogP contribution < -0.4 is 11.1 Å². The molecule has 3 N–H and O–H groups in total. The van der Waals surface area contributed by atoms with E-state index in [1.165, 1.54) is 13.1 Å². The Morgan fingerprint density at radius 3 is 2.17 bits per heavy atom. The molecule has 0 amide bonds. The van der Waals surface area contributed by atoms with Gasteiger partial charge in [-0.05, 0) is 14.0 Å². The molecule has 0 aromatic heterocycles. The SMILES string of the molecule is C/C=C\CN.CN1CCNCC1. The molecule has 1 saturated heterocycles. The summed E-state index contributed by atoms with van der Waals surface area (Å²) in [5.74, 6) is 0. The third-order valence-corrected chi connectivity index (χ3v) is 1.71. The summed E-state index contributed by atoms with van der Waals surface area (Å²) in [6, 6.07) is 0. The van der Waals surface area contributed by atoms with E-state index < -0.39 is 0 Å². The summed E-state index contributed by atoms with van der Waals surface area (Å²) in [6.07, 6.45) is 3.83. The third kappa shape index (κ3) is 7.72. The van der Waals surface area contributed by atoms with E-state index in [2.05, 4.69) is 17.3 Å². The van der Waals surface area contributed by atoms with E-state index in [1.807, 2.05) is 19.1 Å². The fourth-order valence-corrected chi connectivity index (χ4v) is 0.913. The Morgan fingerprint density at radius 2 is 2.00 bits per heavy atom. The first-order chi connectivity index (χ1) is 5.81. The standard InChI is InChI=1S/C5H12N2.C4H9N/c1-7-4-2-6-3-5-7;1-2-3-4-5/h6H,2-5H2,1H3;2-3H,4-5H2,1H3/b;3-2-. The van der Waals surface area contributed by atoms with Gasteiger partial charge in [-0.15, -0.1) is 0 Å². The molecular weight excluding hydrogens is 150 g/mol. The number of rotatable bonds is 1. The lowest BCUT2D eigenvalue weighted by molar-refractivity contribution is 0.291. The minimum Gasteiger partial charge on any atom is -0.327 e. The van der Waals surface area contributed by atoms with Gasteiger partial charge in [-0.2, -0.15) is 0 Å². The number of nitrogens with one attached hydrogen (secondary N) is 1. The molecule has 1 fully saturated rings. The number of nitrogens with two attached hydrogens (primary N) is 1. The average Bonchev–Trinajstić information content (AvgIpc) is 2.08. The maximum Gasteiger partial charge on any atom is 0.0106 e. The van der Waals surface area contributed by atoms with Crippen molar-refractivity contribution in [3.8, 4) is 0 Å². The largest absolute Gasteiger partial charge is 0.327 e. The molecule has 0 bridgehead atoms. The molecular formula is C9H21N3. The second-order valence-corrected chi connectivity index (χ2v) is 2.86. The smallest absolute Gasteiger partial charge is 0.0106 e. The number of allylic oxidation sites excluding steroid dienone is 1. The van der Waals surface area contributed by atoms with Crippen molar-refractivity contribution in [2.45, 2.75) is 6.92 Å². The lowest BCUT2D eigenvalue weighted by Gasteiger charge is -2.21. The van der Waals surface area contributed by atoms with Gasteiger partial charge in [-0.25, -0.2) is 0 Å². The zero-order valence-corrected chi connectivity index (χ0v) is 8.21. The van der Waals surface area contributed by atoms with Crippen LogP contribution in [0.4, 0.5) is 0 Å². The Labute approximate surface area is 75.6 Å². The molecule has 0 atom stereocenters. The molecule has 0 radical (unpaired) electrons. The van der Waals surface area contributed by atoms with Crippen molar-refractivity contribution in [3.05, 3.63) is 12.2 Å². The van der Waals surface area contributed by atoms with Gasteiger partial charge in [0.2, 0.25) is 0 Å². The van der Waals surface area contributed by atoms with Gasteiger partial charge in [0.15, 0.2) is 0 Å². The van der Waals surface area contributed by atoms with Gasteiger partial charge in [0, 0.05) is 32.7 Å². The zero-order valence-electron chi connectivity index (χ0n) is 8.21. The lowest BCUT2D eigenvalue weighted by atomic mass is 10.4. The molecule has 3 heteroatoms. The van der Waals surface area contributed by atoms with Crippen molar-refractivity contribution in [3.63, 3.8) is 0 Å². The van der Waals surface area contributed by atoms with Crippen LogP contribution >= 0.6 is 0 Å². The lowest BCUT2D eigenvalue weighted by Crippen LogP contribution is -2.40. The summed E-state index contributed by atoms with van der Waals surface area (Å²) >= 11 is 0. The number of piperazine rings is 1. The van der Waals surface area contributed by atoms with Crippen molar-refractivity contribution in [2.75, 3.05) is 39.8 Å². The molecule has 0 unspecified atom stereocenters. The van der Waals surface area contributed by atoms with Gasteiger partial charge in [-0.3, -0.25) is 0 Å². The van der Waals surface area contributed by atoms with Crippen LogP contribution in [0.25, 0.3) is 0 Å². The Balaban J connectivity index is 0.000000217. The van der Waals surface area contributed by atoms with E-state index in [1.54, 1.807) is 0 Å². The second kappa shape index (κ2) is 8.71. The first kappa shape index (κ1) is 11.6. The fourth-order valence-electron chi connectivity index (χ4n) is 0.913. The first-order valence-corrected chi connectivity index (χ1v) is 4.51. The van der Waals surface area contributed by atoms with E-state index in [4.69, 9.17) is 5.73 Å². The Kier molecular flexibility index (Phi) is 8.44. The van der Waals surface area contributed by atoms with Crippen molar-refractivity contribution < 1.29 is 0 Å². The highest BCUT2D eigenvalue weighted by Gasteiger charge is 2.01. The van der Waals surface area contributed by atoms with E-state index in [0.29, 0.717) is 6.54 Å². The van der Waals surface area contributed by atoms with Gasteiger partial charge < -0.3 is 16.0 Å². The number of likely N-dealkylation sites (N-methyl/N-ethyl adjacent to an activating group) is 1. The molecule has 72 valence electrons. The summed E-state index contributed by atoms with van der Waals surface area (Å²) in [4.78, 5) is 2.33. The van der Waals surface area contributed by atoms with Gasteiger partial charge in [0.25, 0.3) is 0 Å². The van der Waals surface area contributed by atoms with E-state index >= 15 is 0 Å². The summed E-state index contributed by atoms with van der Waals surface area (Å²) in [7, 11) is 2.15. The zero-order chi connectivity index (χ0) is 9.23. The first-order valence-electron chi connectivity index (χ1n) is 4.51. The van der Waals surface area contributed by atoms with Crippen molar-refractivity contribution in [1.29, 1.82) is 0 Å². The van der Waals surface area contributed by atoms with Crippen LogP contribution in [0.2, 0.25) is 0 Å². The van der Waals surface area contributed by atoms with Crippen LogP contribution in [-0.4, -0.2) is 44.7 Å². The van der Waals surface area contributed by atoms with Crippen molar-refractivity contribution in [2.24, 2.45) is 5.73 Å². The topological polar surface area (TPSA) is 41.3 Å². The van der Waals surface area contributed by atoms with Crippen LogP contribution in [0.1, 0.15) is 6.92 Å². The van der Waals surface area contributed by atoms with Crippen molar-refractivity contribution >= 4 is 0 Å². The monoisotopic (exact) mass is 171 g/mol. The molecule has 1 aliphatic rings. The second-order valence-electron chi connectivity index (χ2n) is 2.86. The minimum absolute atomic E-state index is 0.663. The predicted molar refractivity (Wildman–Crippen MR) is 54.2 cm³/mol. The van der Waals surface area contributed by atoms with Crippen LogP contribution in [0.15, 0.2) is 12.2 Å². The van der Waals surface area contributed by atoms with Gasteiger partial charge >= 0.3 is 0 Å². The molecule has 0 aliphatic carbocycles. The Morgan fingerprint density at radius 1 is 1.42 bits per heavy atom. The molecule has 12 heavy (non-hydrogen) atoms. The molecule has 0 saturated carbocycles. The van der Waals surface area contributed by atoms with Crippen LogP contribution in [0.5, 0.6) is 0 Å². The Hall–Kier alpha value is -0.380. The molecule has 0 aromatic rings. The van der Waals surface area contributed by atoms with E-state index in [-0.39, 0.29) is 0 Å². The fraction of sp³-hybridized carbons (Fsp3) is 0.778. The highest BCUT2D eigenvalue weighted by atomic mass is 15.2. The highest BCUT2D eigenvalue weighted by molar-refractivity contribution is 4.76. The van der Waals surface area contributed by atoms with Crippen LogP contribution in [0.3, 0.4) is 0 Å². The predicted octanol–water partition coefficient (Wildman–Crippen LogP) is 0.0426. The van der Waals surface area contributed by atoms with Crippen LogP contribution in [0, 0.1) is 0 Å². The molecule has 0 spiro atoms. The number of nitrogens with zero attached hydrogens (tertiary/aromatic N) is 1. The van der Waals surface area contributed by atoms with Crippen molar-refractivity contribution in [1.82, 2.24) is 10.2 Å². The Bertz CT molecular complexity index is 106. The molecule has 0 aromatic carbocycles. The van der Waals surface area contributed by atoms with Crippen LogP contribution in [-0.2, 0) is 0 Å². The molecule has 1 heterocycles.